The van der Waals surface area contributed by atoms with Gasteiger partial charge in [0.1, 0.15) is 5.69 Å². The first-order chi connectivity index (χ1) is 5.77. The molecule has 2 nitrogen and oxygen atoms in total. The van der Waals surface area contributed by atoms with Crippen LogP contribution in [-0.4, -0.2) is 10.8 Å². The van der Waals surface area contributed by atoms with Gasteiger partial charge in [-0.1, -0.05) is 11.6 Å². The van der Waals surface area contributed by atoms with E-state index in [4.69, 9.17) is 11.6 Å². The zero-order valence-corrected chi connectivity index (χ0v) is 7.21. The zero-order chi connectivity index (χ0) is 8.55. The van der Waals surface area contributed by atoms with Crippen molar-refractivity contribution in [2.75, 3.05) is 0 Å². The first-order valence-corrected chi connectivity index (χ1v) is 4.31. The molecule has 0 atom stereocenters. The minimum atomic E-state index is 0.137. The summed E-state index contributed by atoms with van der Waals surface area (Å²) in [5.41, 5.74) is 0.505. The largest absolute Gasteiger partial charge is 0.292 e. The predicted octanol–water partition coefficient (Wildman–Crippen LogP) is 2.33. The summed E-state index contributed by atoms with van der Waals surface area (Å²) >= 11 is 5.72. The summed E-state index contributed by atoms with van der Waals surface area (Å²) in [6, 6.07) is 3.30. The van der Waals surface area contributed by atoms with Crippen LogP contribution in [0.15, 0.2) is 18.3 Å². The highest BCUT2D eigenvalue weighted by molar-refractivity contribution is 6.30. The van der Waals surface area contributed by atoms with E-state index in [0.29, 0.717) is 10.7 Å². The Bertz CT molecular complexity index is 320. The van der Waals surface area contributed by atoms with Crippen LogP contribution in [0.4, 0.5) is 0 Å². The summed E-state index contributed by atoms with van der Waals surface area (Å²) in [5, 5.41) is 0.578. The lowest BCUT2D eigenvalue weighted by atomic mass is 10.2. The zero-order valence-electron chi connectivity index (χ0n) is 6.46. The molecule has 0 radical (unpaired) electrons. The molecule has 1 aliphatic carbocycles. The van der Waals surface area contributed by atoms with E-state index in [0.717, 1.165) is 12.8 Å². The van der Waals surface area contributed by atoms with Gasteiger partial charge < -0.3 is 0 Å². The Morgan fingerprint density at radius 1 is 1.58 bits per heavy atom. The van der Waals surface area contributed by atoms with Crippen molar-refractivity contribution in [1.82, 2.24) is 4.98 Å². The highest BCUT2D eigenvalue weighted by Gasteiger charge is 2.31. The fraction of sp³-hybridized carbons (Fsp3) is 0.333. The van der Waals surface area contributed by atoms with E-state index in [1.54, 1.807) is 18.3 Å². The first kappa shape index (κ1) is 7.74. The van der Waals surface area contributed by atoms with Gasteiger partial charge in [0.2, 0.25) is 0 Å². The average Bonchev–Trinajstić information content (AvgIpc) is 2.85. The van der Waals surface area contributed by atoms with Crippen molar-refractivity contribution in [1.29, 1.82) is 0 Å². The Morgan fingerprint density at radius 2 is 2.33 bits per heavy atom. The molecule has 0 bridgehead atoms. The number of rotatable bonds is 2. The molecule has 0 aliphatic heterocycles. The molecule has 0 unspecified atom stereocenters. The van der Waals surface area contributed by atoms with Gasteiger partial charge in [-0.05, 0) is 25.0 Å². The Balaban J connectivity index is 2.26. The van der Waals surface area contributed by atoms with Gasteiger partial charge in [-0.2, -0.15) is 0 Å². The summed E-state index contributed by atoms with van der Waals surface area (Å²) in [5.74, 6) is 0.355. The van der Waals surface area contributed by atoms with E-state index < -0.39 is 0 Å². The molecule has 0 amide bonds. The summed E-state index contributed by atoms with van der Waals surface area (Å²) in [6.45, 7) is 0. The van der Waals surface area contributed by atoms with Crippen LogP contribution in [0.1, 0.15) is 23.3 Å². The third kappa shape index (κ3) is 1.48. The van der Waals surface area contributed by atoms with Crippen molar-refractivity contribution < 1.29 is 4.79 Å². The van der Waals surface area contributed by atoms with Crippen LogP contribution in [0.5, 0.6) is 0 Å². The van der Waals surface area contributed by atoms with Crippen molar-refractivity contribution in [2.45, 2.75) is 12.8 Å². The van der Waals surface area contributed by atoms with Crippen molar-refractivity contribution in [2.24, 2.45) is 5.92 Å². The normalized spacial score (nSPS) is 16.1. The molecule has 1 heterocycles. The second-order valence-corrected chi connectivity index (χ2v) is 3.43. The van der Waals surface area contributed by atoms with Crippen LogP contribution in [0.25, 0.3) is 0 Å². The fourth-order valence-electron chi connectivity index (χ4n) is 1.09. The van der Waals surface area contributed by atoms with Gasteiger partial charge in [-0.25, -0.2) is 0 Å². The van der Waals surface area contributed by atoms with Gasteiger partial charge in [0.25, 0.3) is 0 Å². The highest BCUT2D eigenvalue weighted by Crippen LogP contribution is 2.32. The summed E-state index contributed by atoms with van der Waals surface area (Å²) < 4.78 is 0. The monoisotopic (exact) mass is 181 g/mol. The van der Waals surface area contributed by atoms with Crippen LogP contribution >= 0.6 is 11.6 Å². The highest BCUT2D eigenvalue weighted by atomic mass is 35.5. The molecule has 3 heteroatoms. The topological polar surface area (TPSA) is 30.0 Å². The number of hydrogen-bond acceptors (Lipinski definition) is 2. The van der Waals surface area contributed by atoms with Crippen LogP contribution in [0, 0.1) is 5.92 Å². The third-order valence-corrected chi connectivity index (χ3v) is 2.16. The average molecular weight is 182 g/mol. The van der Waals surface area contributed by atoms with Crippen molar-refractivity contribution >= 4 is 17.4 Å². The minimum Gasteiger partial charge on any atom is -0.292 e. The van der Waals surface area contributed by atoms with E-state index in [9.17, 15) is 4.79 Å². The maximum atomic E-state index is 11.4. The SMILES string of the molecule is O=C(c1cc(Cl)ccn1)C1CC1. The quantitative estimate of drug-likeness (QED) is 0.656. The van der Waals surface area contributed by atoms with Gasteiger partial charge in [0, 0.05) is 17.1 Å². The standard InChI is InChI=1S/C9H8ClNO/c10-7-3-4-11-8(5-7)9(12)6-1-2-6/h3-6H,1-2H2. The van der Waals surface area contributed by atoms with E-state index >= 15 is 0 Å². The predicted molar refractivity (Wildman–Crippen MR) is 46.3 cm³/mol. The lowest BCUT2D eigenvalue weighted by Gasteiger charge is -1.96. The molecule has 1 aromatic heterocycles. The van der Waals surface area contributed by atoms with Gasteiger partial charge >= 0.3 is 0 Å². The number of halogens is 1. The number of Topliss-reactive ketones (excluding diaryl/α,β-unsaturated/α-hetero) is 1. The lowest BCUT2D eigenvalue weighted by molar-refractivity contribution is 0.0963. The first-order valence-electron chi connectivity index (χ1n) is 3.93. The van der Waals surface area contributed by atoms with Crippen LogP contribution < -0.4 is 0 Å². The second-order valence-electron chi connectivity index (χ2n) is 3.00. The molecular formula is C9H8ClNO. The molecule has 0 spiro atoms. The number of carbonyl (C=O) groups excluding carboxylic acids is 1. The molecule has 12 heavy (non-hydrogen) atoms. The summed E-state index contributed by atoms with van der Waals surface area (Å²) in [7, 11) is 0. The number of pyridine rings is 1. The fourth-order valence-corrected chi connectivity index (χ4v) is 1.25. The molecule has 2 rings (SSSR count). The van der Waals surface area contributed by atoms with E-state index in [2.05, 4.69) is 4.98 Å². The summed E-state index contributed by atoms with van der Waals surface area (Å²) in [4.78, 5) is 15.4. The maximum Gasteiger partial charge on any atom is 0.184 e. The van der Waals surface area contributed by atoms with Gasteiger partial charge in [0.05, 0.1) is 0 Å². The second kappa shape index (κ2) is 2.87. The number of aromatic nitrogens is 1. The van der Waals surface area contributed by atoms with E-state index in [1.807, 2.05) is 0 Å². The maximum absolute atomic E-state index is 11.4. The number of hydrogen-bond donors (Lipinski definition) is 0. The van der Waals surface area contributed by atoms with Crippen molar-refractivity contribution in [3.05, 3.63) is 29.0 Å². The minimum absolute atomic E-state index is 0.137. The molecule has 0 N–H and O–H groups in total. The van der Waals surface area contributed by atoms with Crippen LogP contribution in [0.3, 0.4) is 0 Å². The Labute approximate surface area is 75.6 Å². The smallest absolute Gasteiger partial charge is 0.184 e. The molecular weight excluding hydrogens is 174 g/mol. The van der Waals surface area contributed by atoms with Crippen molar-refractivity contribution in [3.63, 3.8) is 0 Å². The Morgan fingerprint density at radius 3 is 2.92 bits per heavy atom. The Kier molecular flexibility index (Phi) is 1.85. The van der Waals surface area contributed by atoms with E-state index in [1.165, 1.54) is 0 Å². The molecule has 0 aromatic carbocycles. The van der Waals surface area contributed by atoms with Crippen molar-refractivity contribution in [3.8, 4) is 0 Å². The molecule has 1 fully saturated rings. The third-order valence-electron chi connectivity index (χ3n) is 1.92. The number of ketones is 1. The molecule has 1 saturated carbocycles. The van der Waals surface area contributed by atoms with Gasteiger partial charge in [-0.3, -0.25) is 9.78 Å². The molecule has 62 valence electrons. The van der Waals surface area contributed by atoms with Gasteiger partial charge in [0.15, 0.2) is 5.78 Å². The molecule has 1 aliphatic rings. The van der Waals surface area contributed by atoms with Crippen LogP contribution in [-0.2, 0) is 0 Å². The van der Waals surface area contributed by atoms with Gasteiger partial charge in [-0.15, -0.1) is 0 Å². The van der Waals surface area contributed by atoms with Crippen LogP contribution in [0.2, 0.25) is 5.02 Å². The lowest BCUT2D eigenvalue weighted by Crippen LogP contribution is -2.03. The molecule has 1 aromatic rings. The Hall–Kier alpha value is -0.890. The van der Waals surface area contributed by atoms with E-state index in [-0.39, 0.29) is 11.7 Å². The molecule has 0 saturated heterocycles. The number of nitrogens with zero attached hydrogens (tertiary/aromatic N) is 1. The number of carbonyl (C=O) groups is 1. The summed E-state index contributed by atoms with van der Waals surface area (Å²) in [6.07, 6.45) is 3.58.